The van der Waals surface area contributed by atoms with E-state index in [0.717, 1.165) is 5.69 Å². The fraction of sp³-hybridized carbons (Fsp3) is 0.353. The van der Waals surface area contributed by atoms with Gasteiger partial charge >= 0.3 is 0 Å². The van der Waals surface area contributed by atoms with Gasteiger partial charge < -0.3 is 10.2 Å². The Morgan fingerprint density at radius 1 is 1.29 bits per heavy atom. The summed E-state index contributed by atoms with van der Waals surface area (Å²) in [5.74, 6) is -0.809. The molecule has 1 fully saturated rings. The van der Waals surface area contributed by atoms with Crippen LogP contribution < -0.4 is 5.32 Å². The summed E-state index contributed by atoms with van der Waals surface area (Å²) in [4.78, 5) is 26.4. The first-order valence-corrected chi connectivity index (χ1v) is 7.73. The summed E-state index contributed by atoms with van der Waals surface area (Å²) in [7, 11) is 0. The van der Waals surface area contributed by atoms with E-state index in [0.29, 0.717) is 18.8 Å². The maximum atomic E-state index is 13.1. The lowest BCUT2D eigenvalue weighted by atomic mass is 9.98. The molecule has 0 aliphatic carbocycles. The van der Waals surface area contributed by atoms with Gasteiger partial charge in [0.25, 0.3) is 5.91 Å². The average Bonchev–Trinajstić information content (AvgIpc) is 2.92. The maximum absolute atomic E-state index is 13.1. The van der Waals surface area contributed by atoms with Gasteiger partial charge in [-0.15, -0.1) is 0 Å². The number of piperazine rings is 1. The molecule has 1 saturated heterocycles. The van der Waals surface area contributed by atoms with E-state index >= 15 is 0 Å². The zero-order valence-corrected chi connectivity index (χ0v) is 13.8. The largest absolute Gasteiger partial charge is 0.352 e. The van der Waals surface area contributed by atoms with Crippen LogP contribution in [-0.2, 0) is 4.79 Å². The third-order valence-electron chi connectivity index (χ3n) is 4.27. The van der Waals surface area contributed by atoms with E-state index in [-0.39, 0.29) is 23.3 Å². The molecular weight excluding hydrogens is 311 g/mol. The van der Waals surface area contributed by atoms with Crippen molar-refractivity contribution in [1.29, 1.82) is 0 Å². The van der Waals surface area contributed by atoms with E-state index in [4.69, 9.17) is 0 Å². The quantitative estimate of drug-likeness (QED) is 0.911. The number of carbonyl (C=O) groups excluding carboxylic acids is 2. The van der Waals surface area contributed by atoms with Crippen molar-refractivity contribution in [3.8, 4) is 5.69 Å². The Morgan fingerprint density at radius 2 is 1.96 bits per heavy atom. The zero-order chi connectivity index (χ0) is 17.5. The van der Waals surface area contributed by atoms with Crippen molar-refractivity contribution >= 4 is 11.8 Å². The van der Waals surface area contributed by atoms with Crippen LogP contribution in [-0.4, -0.2) is 45.1 Å². The van der Waals surface area contributed by atoms with Crippen LogP contribution in [0.5, 0.6) is 0 Å². The summed E-state index contributed by atoms with van der Waals surface area (Å²) in [5.41, 5.74) is 0.760. The average molecular weight is 330 g/mol. The summed E-state index contributed by atoms with van der Waals surface area (Å²) in [5, 5.41) is 7.11. The smallest absolute Gasteiger partial charge is 0.275 e. The van der Waals surface area contributed by atoms with E-state index in [9.17, 15) is 14.0 Å². The number of nitrogens with one attached hydrogen (secondary N) is 1. The summed E-state index contributed by atoms with van der Waals surface area (Å²) >= 11 is 0. The third-order valence-corrected chi connectivity index (χ3v) is 4.27. The number of benzene rings is 1. The predicted molar refractivity (Wildman–Crippen MR) is 86.4 cm³/mol. The molecule has 3 rings (SSSR count). The van der Waals surface area contributed by atoms with Gasteiger partial charge in [0.2, 0.25) is 5.91 Å². The first kappa shape index (κ1) is 16.2. The van der Waals surface area contributed by atoms with Crippen molar-refractivity contribution in [3.05, 3.63) is 47.5 Å². The molecule has 0 unspecified atom stereocenters. The fourth-order valence-electron chi connectivity index (χ4n) is 2.82. The Labute approximate surface area is 139 Å². The molecule has 0 bridgehead atoms. The first-order valence-electron chi connectivity index (χ1n) is 7.73. The van der Waals surface area contributed by atoms with E-state index in [2.05, 4.69) is 10.4 Å². The third kappa shape index (κ3) is 2.66. The van der Waals surface area contributed by atoms with Crippen molar-refractivity contribution in [3.63, 3.8) is 0 Å². The molecule has 1 N–H and O–H groups in total. The van der Waals surface area contributed by atoms with Crippen molar-refractivity contribution in [1.82, 2.24) is 20.0 Å². The lowest BCUT2D eigenvalue weighted by molar-refractivity contribution is -0.133. The van der Waals surface area contributed by atoms with Crippen LogP contribution in [0.4, 0.5) is 4.39 Å². The summed E-state index contributed by atoms with van der Waals surface area (Å²) in [6, 6.07) is 7.56. The number of rotatable bonds is 2. The molecule has 24 heavy (non-hydrogen) atoms. The molecule has 2 aromatic rings. The number of aromatic nitrogens is 2. The van der Waals surface area contributed by atoms with Crippen LogP contribution in [0.25, 0.3) is 5.69 Å². The van der Waals surface area contributed by atoms with E-state index in [1.165, 1.54) is 17.0 Å². The zero-order valence-electron chi connectivity index (χ0n) is 13.8. The lowest BCUT2D eigenvalue weighted by Crippen LogP contribution is -2.63. The minimum Gasteiger partial charge on any atom is -0.352 e. The molecule has 126 valence electrons. The predicted octanol–water partition coefficient (Wildman–Crippen LogP) is 1.67. The van der Waals surface area contributed by atoms with Crippen molar-refractivity contribution in [2.75, 3.05) is 13.1 Å². The molecule has 1 aromatic heterocycles. The van der Waals surface area contributed by atoms with Gasteiger partial charge in [0.15, 0.2) is 5.69 Å². The standard InChI is InChI=1S/C17H19FN4O2/c1-11-10-14(20-22(11)13-6-4-12(18)5-7-13)15(23)21-9-8-19-16(24)17(21,2)3/h4-7,10H,8-9H2,1-3H3,(H,19,24). The molecule has 1 aromatic carbocycles. The molecule has 2 amide bonds. The molecular formula is C17H19FN4O2. The molecule has 7 heteroatoms. The number of hydrogen-bond donors (Lipinski definition) is 1. The number of aryl methyl sites for hydroxylation is 1. The summed E-state index contributed by atoms with van der Waals surface area (Å²) < 4.78 is 14.7. The van der Waals surface area contributed by atoms with Crippen LogP contribution >= 0.6 is 0 Å². The Kier molecular flexibility index (Phi) is 3.87. The van der Waals surface area contributed by atoms with Crippen LogP contribution in [0.1, 0.15) is 30.0 Å². The highest BCUT2D eigenvalue weighted by molar-refractivity contribution is 5.98. The molecule has 6 nitrogen and oxygen atoms in total. The SMILES string of the molecule is Cc1cc(C(=O)N2CCNC(=O)C2(C)C)nn1-c1ccc(F)cc1. The fourth-order valence-corrected chi connectivity index (χ4v) is 2.82. The van der Waals surface area contributed by atoms with Crippen molar-refractivity contribution in [2.45, 2.75) is 26.3 Å². The molecule has 2 heterocycles. The van der Waals surface area contributed by atoms with Crippen LogP contribution in [0.15, 0.2) is 30.3 Å². The molecule has 0 saturated carbocycles. The Balaban J connectivity index is 1.93. The van der Waals surface area contributed by atoms with Gasteiger partial charge in [-0.1, -0.05) is 0 Å². The summed E-state index contributed by atoms with van der Waals surface area (Å²) in [6.07, 6.45) is 0. The molecule has 0 radical (unpaired) electrons. The monoisotopic (exact) mass is 330 g/mol. The van der Waals surface area contributed by atoms with Crippen LogP contribution in [0, 0.1) is 12.7 Å². The van der Waals surface area contributed by atoms with E-state index in [1.807, 2.05) is 6.92 Å². The maximum Gasteiger partial charge on any atom is 0.275 e. The van der Waals surface area contributed by atoms with Crippen LogP contribution in [0.2, 0.25) is 0 Å². The van der Waals surface area contributed by atoms with Gasteiger partial charge in [-0.05, 0) is 51.1 Å². The molecule has 1 aliphatic heterocycles. The second-order valence-electron chi connectivity index (χ2n) is 6.33. The number of halogens is 1. The second kappa shape index (κ2) is 5.74. The molecule has 0 spiro atoms. The van der Waals surface area contributed by atoms with Gasteiger partial charge in [-0.2, -0.15) is 5.10 Å². The van der Waals surface area contributed by atoms with Crippen molar-refractivity contribution in [2.24, 2.45) is 0 Å². The number of hydrogen-bond acceptors (Lipinski definition) is 3. The van der Waals surface area contributed by atoms with Gasteiger partial charge in [0.05, 0.1) is 5.69 Å². The minimum atomic E-state index is -0.928. The Bertz CT molecular complexity index is 795. The van der Waals surface area contributed by atoms with Gasteiger partial charge in [0, 0.05) is 18.8 Å². The van der Waals surface area contributed by atoms with E-state index < -0.39 is 5.54 Å². The van der Waals surface area contributed by atoms with E-state index in [1.54, 1.807) is 36.7 Å². The van der Waals surface area contributed by atoms with Gasteiger partial charge in [-0.3, -0.25) is 9.59 Å². The topological polar surface area (TPSA) is 67.2 Å². The highest BCUT2D eigenvalue weighted by atomic mass is 19.1. The normalized spacial score (nSPS) is 16.8. The highest BCUT2D eigenvalue weighted by Crippen LogP contribution is 2.21. The highest BCUT2D eigenvalue weighted by Gasteiger charge is 2.41. The molecule has 1 aliphatic rings. The second-order valence-corrected chi connectivity index (χ2v) is 6.33. The molecule has 0 atom stereocenters. The Morgan fingerprint density at radius 3 is 2.62 bits per heavy atom. The van der Waals surface area contributed by atoms with Gasteiger partial charge in [-0.25, -0.2) is 9.07 Å². The minimum absolute atomic E-state index is 0.184. The first-order chi connectivity index (χ1) is 11.3. The summed E-state index contributed by atoms with van der Waals surface area (Å²) in [6.45, 7) is 6.10. The van der Waals surface area contributed by atoms with Gasteiger partial charge in [0.1, 0.15) is 11.4 Å². The number of nitrogens with zero attached hydrogens (tertiary/aromatic N) is 3. The Hall–Kier alpha value is -2.70. The number of carbonyl (C=O) groups is 2. The lowest BCUT2D eigenvalue weighted by Gasteiger charge is -2.40. The van der Waals surface area contributed by atoms with Crippen LogP contribution in [0.3, 0.4) is 0 Å². The number of amides is 2. The van der Waals surface area contributed by atoms with Crippen molar-refractivity contribution < 1.29 is 14.0 Å².